The van der Waals surface area contributed by atoms with Crippen molar-refractivity contribution in [1.82, 2.24) is 4.90 Å². The van der Waals surface area contributed by atoms with Crippen molar-refractivity contribution in [2.75, 3.05) is 25.9 Å². The van der Waals surface area contributed by atoms with Gasteiger partial charge in [0.2, 0.25) is 0 Å². The van der Waals surface area contributed by atoms with Crippen molar-refractivity contribution in [3.8, 4) is 0 Å². The second-order valence-corrected chi connectivity index (χ2v) is 7.43. The van der Waals surface area contributed by atoms with Crippen LogP contribution in [0.2, 0.25) is 0 Å². The maximum absolute atomic E-state index is 5.98. The van der Waals surface area contributed by atoms with Crippen LogP contribution in [-0.2, 0) is 4.74 Å². The maximum atomic E-state index is 5.98. The van der Waals surface area contributed by atoms with E-state index in [1.165, 1.54) is 16.3 Å². The van der Waals surface area contributed by atoms with E-state index < -0.39 is 0 Å². The molecule has 25 heavy (non-hydrogen) atoms. The molecule has 0 spiro atoms. The van der Waals surface area contributed by atoms with Crippen LogP contribution in [0.15, 0.2) is 61.2 Å². The summed E-state index contributed by atoms with van der Waals surface area (Å²) >= 11 is 0. The molecule has 2 aromatic carbocycles. The van der Waals surface area contributed by atoms with Gasteiger partial charge in [-0.1, -0.05) is 80.2 Å². The van der Waals surface area contributed by atoms with Gasteiger partial charge >= 0.3 is 0 Å². The lowest BCUT2D eigenvalue weighted by atomic mass is 10.00. The fourth-order valence-electron chi connectivity index (χ4n) is 2.76. The first-order valence-electron chi connectivity index (χ1n) is 9.06. The second-order valence-electron chi connectivity index (χ2n) is 6.21. The molecule has 0 aromatic heterocycles. The molecule has 132 valence electrons. The van der Waals surface area contributed by atoms with Crippen molar-refractivity contribution >= 4 is 20.3 Å². The largest absolute Gasteiger partial charge is 0.381 e. The molecule has 2 rings (SSSR count). The summed E-state index contributed by atoms with van der Waals surface area (Å²) in [4.78, 5) is 2.40. The molecule has 0 saturated heterocycles. The average molecular weight is 352 g/mol. The lowest BCUT2D eigenvalue weighted by Crippen LogP contribution is -2.33. The lowest BCUT2D eigenvalue weighted by Gasteiger charge is -2.22. The highest BCUT2D eigenvalue weighted by molar-refractivity contribution is 6.53. The van der Waals surface area contributed by atoms with E-state index in [0.29, 0.717) is 9.52 Å². The van der Waals surface area contributed by atoms with Gasteiger partial charge in [-0.3, -0.25) is 0 Å². The molecule has 2 aromatic rings. The summed E-state index contributed by atoms with van der Waals surface area (Å²) in [6.45, 7) is 14.0. The summed E-state index contributed by atoms with van der Waals surface area (Å²) in [5, 5.41) is 1.33. The second kappa shape index (κ2) is 10.3. The Bertz CT molecular complexity index is 635. The van der Waals surface area contributed by atoms with Gasteiger partial charge in [0.1, 0.15) is 9.52 Å². The summed E-state index contributed by atoms with van der Waals surface area (Å²) in [7, 11) is 0.681. The molecular formula is C22H29NOSi. The normalized spacial score (nSPS) is 12.3. The number of hydrogen-bond donors (Lipinski definition) is 0. The monoisotopic (exact) mass is 351 g/mol. The molecule has 0 aliphatic heterocycles. The minimum atomic E-state index is 0.282. The number of ether oxygens (including phenoxy) is 1. The quantitative estimate of drug-likeness (QED) is 0.604. The van der Waals surface area contributed by atoms with E-state index in [0.717, 1.165) is 31.4 Å². The standard InChI is InChI=1S/C22H29NOSi/c1-5-23(6-2)16-18(3)24-17-25-22-14-12-21(13-15-22)19(4)20-10-8-7-9-11-20/h7-15,18H,4-6,16-17H2,1-3H3. The van der Waals surface area contributed by atoms with Crippen LogP contribution < -0.4 is 5.19 Å². The van der Waals surface area contributed by atoms with Crippen molar-refractivity contribution in [1.29, 1.82) is 0 Å². The van der Waals surface area contributed by atoms with Gasteiger partial charge in [0.15, 0.2) is 0 Å². The predicted octanol–water partition coefficient (Wildman–Crippen LogP) is 3.78. The molecule has 1 atom stereocenters. The van der Waals surface area contributed by atoms with Crippen molar-refractivity contribution in [2.45, 2.75) is 26.9 Å². The van der Waals surface area contributed by atoms with Crippen molar-refractivity contribution < 1.29 is 4.74 Å². The fraction of sp³-hybridized carbons (Fsp3) is 0.364. The summed E-state index contributed by atoms with van der Waals surface area (Å²) in [6.07, 6.45) is 1.08. The third-order valence-corrected chi connectivity index (χ3v) is 5.46. The van der Waals surface area contributed by atoms with Crippen LogP contribution in [0.5, 0.6) is 0 Å². The van der Waals surface area contributed by atoms with Gasteiger partial charge < -0.3 is 9.64 Å². The van der Waals surface area contributed by atoms with E-state index in [4.69, 9.17) is 4.74 Å². The Morgan fingerprint density at radius 1 is 1.00 bits per heavy atom. The van der Waals surface area contributed by atoms with E-state index in [-0.39, 0.29) is 6.10 Å². The van der Waals surface area contributed by atoms with Gasteiger partial charge in [0.05, 0.1) is 6.10 Å². The first-order valence-corrected chi connectivity index (χ1v) is 10.3. The van der Waals surface area contributed by atoms with Crippen LogP contribution in [-0.4, -0.2) is 46.4 Å². The summed E-state index contributed by atoms with van der Waals surface area (Å²) in [5.41, 5.74) is 3.42. The molecule has 3 heteroatoms. The first-order chi connectivity index (χ1) is 12.1. The SMILES string of the molecule is C=C(c1ccccc1)c1ccc([Si]COC(C)CN(CC)CC)cc1. The number of nitrogens with zero attached hydrogens (tertiary/aromatic N) is 1. The molecule has 0 fully saturated rings. The molecule has 0 bridgehead atoms. The number of hydrogen-bond acceptors (Lipinski definition) is 2. The van der Waals surface area contributed by atoms with Crippen LogP contribution >= 0.6 is 0 Å². The van der Waals surface area contributed by atoms with Crippen LogP contribution in [0, 0.1) is 0 Å². The first kappa shape index (κ1) is 19.6. The Hall–Kier alpha value is -1.68. The Kier molecular flexibility index (Phi) is 8.12. The fourth-order valence-corrected chi connectivity index (χ4v) is 3.70. The van der Waals surface area contributed by atoms with Crippen LogP contribution in [0.3, 0.4) is 0 Å². The zero-order valence-corrected chi connectivity index (χ0v) is 16.7. The summed E-state index contributed by atoms with van der Waals surface area (Å²) < 4.78 is 5.98. The van der Waals surface area contributed by atoms with E-state index in [1.54, 1.807) is 0 Å². The smallest absolute Gasteiger partial charge is 0.114 e. The highest BCUT2D eigenvalue weighted by Crippen LogP contribution is 2.20. The maximum Gasteiger partial charge on any atom is 0.114 e. The Balaban J connectivity index is 1.81. The molecule has 2 radical (unpaired) electrons. The third-order valence-electron chi connectivity index (χ3n) is 4.41. The molecule has 0 aliphatic carbocycles. The Morgan fingerprint density at radius 2 is 1.60 bits per heavy atom. The number of rotatable bonds is 10. The van der Waals surface area contributed by atoms with Gasteiger partial charge in [-0.15, -0.1) is 0 Å². The van der Waals surface area contributed by atoms with Crippen molar-refractivity contribution in [2.24, 2.45) is 0 Å². The molecule has 0 amide bonds. The van der Waals surface area contributed by atoms with Crippen molar-refractivity contribution in [3.05, 3.63) is 72.3 Å². The molecule has 0 heterocycles. The molecule has 2 nitrogen and oxygen atoms in total. The lowest BCUT2D eigenvalue weighted by molar-refractivity contribution is 0.0674. The zero-order chi connectivity index (χ0) is 18.1. The van der Waals surface area contributed by atoms with Gasteiger partial charge in [-0.25, -0.2) is 0 Å². The van der Waals surface area contributed by atoms with E-state index in [9.17, 15) is 0 Å². The van der Waals surface area contributed by atoms with Crippen LogP contribution in [0.4, 0.5) is 0 Å². The highest BCUT2D eigenvalue weighted by Gasteiger charge is 2.08. The van der Waals surface area contributed by atoms with Crippen molar-refractivity contribution in [3.63, 3.8) is 0 Å². The van der Waals surface area contributed by atoms with E-state index in [2.05, 4.69) is 68.6 Å². The zero-order valence-electron chi connectivity index (χ0n) is 15.7. The molecule has 0 saturated carbocycles. The molecule has 0 aliphatic rings. The summed E-state index contributed by atoms with van der Waals surface area (Å²) in [6, 6.07) is 19.0. The average Bonchev–Trinajstić information content (AvgIpc) is 2.66. The minimum Gasteiger partial charge on any atom is -0.381 e. The van der Waals surface area contributed by atoms with Gasteiger partial charge in [-0.05, 0) is 36.7 Å². The van der Waals surface area contributed by atoms with Crippen LogP contribution in [0.25, 0.3) is 5.57 Å². The van der Waals surface area contributed by atoms with Gasteiger partial charge in [-0.2, -0.15) is 0 Å². The highest BCUT2D eigenvalue weighted by atomic mass is 28.2. The van der Waals surface area contributed by atoms with Crippen LogP contribution in [0.1, 0.15) is 31.9 Å². The number of benzene rings is 2. The topological polar surface area (TPSA) is 12.5 Å². The number of likely N-dealkylation sites (N-methyl/N-ethyl adjacent to an activating group) is 1. The predicted molar refractivity (Wildman–Crippen MR) is 110 cm³/mol. The Morgan fingerprint density at radius 3 is 2.20 bits per heavy atom. The van der Waals surface area contributed by atoms with Gasteiger partial charge in [0, 0.05) is 12.8 Å². The molecule has 1 unspecified atom stereocenters. The minimum absolute atomic E-state index is 0.282. The molecular weight excluding hydrogens is 322 g/mol. The third kappa shape index (κ3) is 6.27. The van der Waals surface area contributed by atoms with E-state index in [1.807, 2.05) is 18.2 Å². The van der Waals surface area contributed by atoms with Gasteiger partial charge in [0.25, 0.3) is 0 Å². The van der Waals surface area contributed by atoms with E-state index >= 15 is 0 Å². The summed E-state index contributed by atoms with van der Waals surface area (Å²) in [5.74, 6) is 0. The Labute approximate surface area is 155 Å². The molecule has 0 N–H and O–H groups in total.